The monoisotopic (exact) mass is 546 g/mol. The molecular weight excluding hydrogens is 518 g/mol. The zero-order chi connectivity index (χ0) is 26.9. The molecule has 0 aliphatic carbocycles. The third-order valence-corrected chi connectivity index (χ3v) is 6.93. The first-order valence-electron chi connectivity index (χ1n) is 12.0. The lowest BCUT2D eigenvalue weighted by atomic mass is 9.90. The van der Waals surface area contributed by atoms with Gasteiger partial charge >= 0.3 is 6.09 Å². The highest BCUT2D eigenvalue weighted by Crippen LogP contribution is 2.34. The molecular formula is C27H29Cl2FN4O3. The van der Waals surface area contributed by atoms with Crippen LogP contribution in [0.15, 0.2) is 42.6 Å². The Balaban J connectivity index is 1.66. The number of benzene rings is 2. The summed E-state index contributed by atoms with van der Waals surface area (Å²) in [5.74, 6) is -1.02. The molecule has 196 valence electrons. The summed E-state index contributed by atoms with van der Waals surface area (Å²) in [5, 5.41) is 7.86. The average Bonchev–Trinajstić information content (AvgIpc) is 3.27. The van der Waals surface area contributed by atoms with Gasteiger partial charge in [0.25, 0.3) is 5.91 Å². The molecule has 4 rings (SSSR count). The highest BCUT2D eigenvalue weighted by Gasteiger charge is 2.32. The number of rotatable bonds is 4. The van der Waals surface area contributed by atoms with Gasteiger partial charge in [-0.25, -0.2) is 13.9 Å². The molecule has 0 saturated carbocycles. The Morgan fingerprint density at radius 3 is 2.46 bits per heavy atom. The topological polar surface area (TPSA) is 76.5 Å². The number of halogens is 3. The lowest BCUT2D eigenvalue weighted by molar-refractivity contribution is 0.0203. The number of aromatic nitrogens is 2. The fraction of sp³-hybridized carbons (Fsp3) is 0.370. The van der Waals surface area contributed by atoms with Gasteiger partial charge in [-0.3, -0.25) is 4.79 Å². The molecule has 37 heavy (non-hydrogen) atoms. The minimum Gasteiger partial charge on any atom is -0.444 e. The van der Waals surface area contributed by atoms with Gasteiger partial charge in [0.1, 0.15) is 11.4 Å². The van der Waals surface area contributed by atoms with E-state index in [0.29, 0.717) is 42.2 Å². The molecule has 0 spiro atoms. The van der Waals surface area contributed by atoms with Crippen molar-refractivity contribution in [2.75, 3.05) is 18.4 Å². The van der Waals surface area contributed by atoms with E-state index < -0.39 is 17.3 Å². The van der Waals surface area contributed by atoms with Crippen LogP contribution in [0.1, 0.15) is 61.1 Å². The number of nitrogens with zero attached hydrogens (tertiary/aromatic N) is 3. The number of hydrogen-bond acceptors (Lipinski definition) is 4. The number of carbonyl (C=O) groups excluding carboxylic acids is 2. The van der Waals surface area contributed by atoms with Crippen LogP contribution in [0.3, 0.4) is 0 Å². The lowest BCUT2D eigenvalue weighted by Crippen LogP contribution is -2.41. The highest BCUT2D eigenvalue weighted by atomic mass is 35.5. The van der Waals surface area contributed by atoms with E-state index in [2.05, 4.69) is 10.4 Å². The number of anilines is 1. The van der Waals surface area contributed by atoms with E-state index in [1.54, 1.807) is 15.6 Å². The van der Waals surface area contributed by atoms with Gasteiger partial charge in [0.2, 0.25) is 0 Å². The predicted molar refractivity (Wildman–Crippen MR) is 142 cm³/mol. The molecule has 0 atom stereocenters. The SMILES string of the molecule is Cc1c(Cl)cccc1-n1ncc(C(=O)Nc2ccc(F)c(Cl)c2)c1C1CCN(C(=O)OC(C)(C)C)CC1. The summed E-state index contributed by atoms with van der Waals surface area (Å²) < 4.78 is 20.9. The molecule has 1 aliphatic rings. The number of ether oxygens (including phenoxy) is 1. The van der Waals surface area contributed by atoms with Crippen molar-refractivity contribution in [3.63, 3.8) is 0 Å². The summed E-state index contributed by atoms with van der Waals surface area (Å²) in [6.07, 6.45) is 2.41. The molecule has 2 amide bonds. The third kappa shape index (κ3) is 6.08. The normalized spacial score (nSPS) is 14.5. The number of amides is 2. The fourth-order valence-electron chi connectivity index (χ4n) is 4.38. The van der Waals surface area contributed by atoms with Crippen LogP contribution in [-0.4, -0.2) is 45.4 Å². The first-order valence-corrected chi connectivity index (χ1v) is 12.8. The first-order chi connectivity index (χ1) is 17.4. The van der Waals surface area contributed by atoms with E-state index in [0.717, 1.165) is 16.9 Å². The van der Waals surface area contributed by atoms with Crippen molar-refractivity contribution in [3.8, 4) is 5.69 Å². The van der Waals surface area contributed by atoms with Gasteiger partial charge in [-0.1, -0.05) is 29.3 Å². The zero-order valence-electron chi connectivity index (χ0n) is 21.1. The van der Waals surface area contributed by atoms with Crippen molar-refractivity contribution >= 4 is 40.9 Å². The summed E-state index contributed by atoms with van der Waals surface area (Å²) in [4.78, 5) is 27.7. The van der Waals surface area contributed by atoms with Gasteiger partial charge in [-0.15, -0.1) is 0 Å². The fourth-order valence-corrected chi connectivity index (χ4v) is 4.73. The molecule has 7 nitrogen and oxygen atoms in total. The van der Waals surface area contributed by atoms with E-state index in [9.17, 15) is 14.0 Å². The molecule has 1 N–H and O–H groups in total. The van der Waals surface area contributed by atoms with Crippen LogP contribution in [0, 0.1) is 12.7 Å². The predicted octanol–water partition coefficient (Wildman–Crippen LogP) is 6.99. The van der Waals surface area contributed by atoms with Crippen LogP contribution in [-0.2, 0) is 4.74 Å². The van der Waals surface area contributed by atoms with Crippen molar-refractivity contribution in [2.45, 2.75) is 52.1 Å². The van der Waals surface area contributed by atoms with Crippen molar-refractivity contribution in [1.29, 1.82) is 0 Å². The molecule has 2 aromatic carbocycles. The number of nitrogens with one attached hydrogen (secondary N) is 1. The quantitative estimate of drug-likeness (QED) is 0.382. The summed E-state index contributed by atoms with van der Waals surface area (Å²) in [6, 6.07) is 9.54. The summed E-state index contributed by atoms with van der Waals surface area (Å²) in [7, 11) is 0. The number of likely N-dealkylation sites (tertiary alicyclic amines) is 1. The second-order valence-electron chi connectivity index (χ2n) is 10.1. The summed E-state index contributed by atoms with van der Waals surface area (Å²) in [5.41, 5.74) is 2.49. The van der Waals surface area contributed by atoms with E-state index >= 15 is 0 Å². The lowest BCUT2D eigenvalue weighted by Gasteiger charge is -2.34. The second kappa shape index (κ2) is 10.7. The largest absolute Gasteiger partial charge is 0.444 e. The average molecular weight is 547 g/mol. The van der Waals surface area contributed by atoms with E-state index in [-0.39, 0.29) is 17.0 Å². The van der Waals surface area contributed by atoms with Gasteiger partial charge < -0.3 is 15.0 Å². The first kappa shape index (κ1) is 26.9. The van der Waals surface area contributed by atoms with Crippen LogP contribution >= 0.6 is 23.2 Å². The maximum atomic E-state index is 13.6. The molecule has 0 unspecified atom stereocenters. The molecule has 3 aromatic rings. The Kier molecular flexibility index (Phi) is 7.80. The molecule has 0 radical (unpaired) electrons. The standard InChI is InChI=1S/C27H29Cl2FN4O3/c1-16-20(28)6-5-7-23(16)34-24(17-10-12-33(13-11-17)26(36)37-27(2,3)4)19(15-31-34)25(35)32-18-8-9-22(30)21(29)14-18/h5-9,14-15,17H,10-13H2,1-4H3,(H,32,35). The van der Waals surface area contributed by atoms with E-state index in [4.69, 9.17) is 27.9 Å². The number of hydrogen-bond donors (Lipinski definition) is 1. The van der Waals surface area contributed by atoms with Crippen LogP contribution in [0.5, 0.6) is 0 Å². The number of carbonyl (C=O) groups is 2. The van der Waals surface area contributed by atoms with Gasteiger partial charge in [-0.2, -0.15) is 5.10 Å². The minimum atomic E-state index is -0.578. The van der Waals surface area contributed by atoms with Gasteiger partial charge in [0.05, 0.1) is 28.2 Å². The second-order valence-corrected chi connectivity index (χ2v) is 10.9. The maximum Gasteiger partial charge on any atom is 0.410 e. The Bertz CT molecular complexity index is 1330. The maximum absolute atomic E-state index is 13.6. The molecule has 0 bridgehead atoms. The smallest absolute Gasteiger partial charge is 0.410 e. The van der Waals surface area contributed by atoms with Crippen LogP contribution in [0.2, 0.25) is 10.0 Å². The van der Waals surface area contributed by atoms with Crippen molar-refractivity contribution < 1.29 is 18.7 Å². The Hall–Kier alpha value is -3.10. The Morgan fingerprint density at radius 2 is 1.81 bits per heavy atom. The highest BCUT2D eigenvalue weighted by molar-refractivity contribution is 6.31. The zero-order valence-corrected chi connectivity index (χ0v) is 22.7. The number of piperidine rings is 1. The summed E-state index contributed by atoms with van der Waals surface area (Å²) in [6.45, 7) is 8.37. The van der Waals surface area contributed by atoms with Crippen LogP contribution in [0.4, 0.5) is 14.9 Å². The van der Waals surface area contributed by atoms with E-state index in [1.807, 2.05) is 39.8 Å². The van der Waals surface area contributed by atoms with Crippen molar-refractivity contribution in [3.05, 3.63) is 75.3 Å². The van der Waals surface area contributed by atoms with Gasteiger partial charge in [0, 0.05) is 29.7 Å². The molecule has 1 fully saturated rings. The molecule has 1 aromatic heterocycles. The molecule has 2 heterocycles. The third-order valence-electron chi connectivity index (χ3n) is 6.23. The summed E-state index contributed by atoms with van der Waals surface area (Å²) >= 11 is 12.3. The van der Waals surface area contributed by atoms with Gasteiger partial charge in [-0.05, 0) is 76.4 Å². The van der Waals surface area contributed by atoms with Crippen molar-refractivity contribution in [1.82, 2.24) is 14.7 Å². The molecule has 10 heteroatoms. The van der Waals surface area contributed by atoms with Crippen molar-refractivity contribution in [2.24, 2.45) is 0 Å². The van der Waals surface area contributed by atoms with Crippen LogP contribution in [0.25, 0.3) is 5.69 Å². The minimum absolute atomic E-state index is 0.0582. The Morgan fingerprint density at radius 1 is 1.11 bits per heavy atom. The van der Waals surface area contributed by atoms with Gasteiger partial charge in [0.15, 0.2) is 0 Å². The van der Waals surface area contributed by atoms with E-state index in [1.165, 1.54) is 24.4 Å². The molecule has 1 saturated heterocycles. The van der Waals surface area contributed by atoms with Crippen LogP contribution < -0.4 is 5.32 Å². The molecule has 1 aliphatic heterocycles. The Labute approximate surface area is 225 Å².